The molecule has 2 rings (SSSR count). The van der Waals surface area contributed by atoms with Gasteiger partial charge in [-0.15, -0.1) is 0 Å². The molecule has 0 radical (unpaired) electrons. The minimum absolute atomic E-state index is 0. The SMILES string of the molecule is C.CC(C)(C)C(=O)OCc1ccccc1.COC(=O)C(C)(C)C.Cc1ccc(C(=O)C(C)(C)C)cc1. The Balaban J connectivity index is 0. The average molecular weight is 501 g/mol. The van der Waals surface area contributed by atoms with E-state index in [-0.39, 0.29) is 36.0 Å². The summed E-state index contributed by atoms with van der Waals surface area (Å²) >= 11 is 0. The summed E-state index contributed by atoms with van der Waals surface area (Å²) in [5.41, 5.74) is 1.95. The molecular formula is C31H48O5. The van der Waals surface area contributed by atoms with Gasteiger partial charge in [-0.3, -0.25) is 14.4 Å². The molecule has 0 saturated carbocycles. The van der Waals surface area contributed by atoms with Crippen LogP contribution >= 0.6 is 0 Å². The second kappa shape index (κ2) is 15.2. The predicted molar refractivity (Wildman–Crippen MR) is 149 cm³/mol. The van der Waals surface area contributed by atoms with Crippen LogP contribution in [0.3, 0.4) is 0 Å². The van der Waals surface area contributed by atoms with Gasteiger partial charge in [-0.05, 0) is 54.0 Å². The van der Waals surface area contributed by atoms with Crippen LogP contribution < -0.4 is 0 Å². The van der Waals surface area contributed by atoms with Crippen molar-refractivity contribution in [3.05, 3.63) is 71.3 Å². The summed E-state index contributed by atoms with van der Waals surface area (Å²) in [6.45, 7) is 19.2. The number of hydrogen-bond donors (Lipinski definition) is 0. The van der Waals surface area contributed by atoms with Crippen LogP contribution in [0, 0.1) is 23.2 Å². The van der Waals surface area contributed by atoms with Crippen LogP contribution in [-0.4, -0.2) is 24.8 Å². The number of carbonyl (C=O) groups is 3. The third-order valence-corrected chi connectivity index (χ3v) is 4.62. The molecule has 0 atom stereocenters. The van der Waals surface area contributed by atoms with Gasteiger partial charge in [0.1, 0.15) is 6.61 Å². The Morgan fingerprint density at radius 2 is 1.11 bits per heavy atom. The van der Waals surface area contributed by atoms with Crippen molar-refractivity contribution >= 4 is 17.7 Å². The van der Waals surface area contributed by atoms with Gasteiger partial charge in [-0.1, -0.05) is 88.4 Å². The number of carbonyl (C=O) groups excluding carboxylic acids is 3. The molecule has 0 aromatic heterocycles. The van der Waals surface area contributed by atoms with E-state index in [4.69, 9.17) is 4.74 Å². The molecule has 0 bridgehead atoms. The highest BCUT2D eigenvalue weighted by atomic mass is 16.5. The third kappa shape index (κ3) is 14.4. The van der Waals surface area contributed by atoms with E-state index in [1.54, 1.807) is 0 Å². The van der Waals surface area contributed by atoms with E-state index >= 15 is 0 Å². The van der Waals surface area contributed by atoms with Crippen LogP contribution in [0.1, 0.15) is 91.2 Å². The molecule has 0 unspecified atom stereocenters. The molecule has 0 aliphatic rings. The summed E-state index contributed by atoms with van der Waals surface area (Å²) < 4.78 is 9.63. The van der Waals surface area contributed by atoms with E-state index in [0.717, 1.165) is 11.1 Å². The monoisotopic (exact) mass is 500 g/mol. The lowest BCUT2D eigenvalue weighted by Gasteiger charge is -2.16. The Morgan fingerprint density at radius 1 is 0.667 bits per heavy atom. The predicted octanol–water partition coefficient (Wildman–Crippen LogP) is 7.84. The Kier molecular flexibility index (Phi) is 14.9. The first-order chi connectivity index (χ1) is 15.9. The number of aryl methyl sites for hydroxylation is 1. The smallest absolute Gasteiger partial charge is 0.311 e. The van der Waals surface area contributed by atoms with Crippen LogP contribution in [-0.2, 0) is 25.7 Å². The van der Waals surface area contributed by atoms with Crippen molar-refractivity contribution in [1.29, 1.82) is 0 Å². The largest absolute Gasteiger partial charge is 0.469 e. The summed E-state index contributed by atoms with van der Waals surface area (Å²) in [5, 5.41) is 0. The van der Waals surface area contributed by atoms with Crippen molar-refractivity contribution in [2.75, 3.05) is 7.11 Å². The van der Waals surface area contributed by atoms with E-state index in [1.165, 1.54) is 12.7 Å². The fourth-order valence-electron chi connectivity index (χ4n) is 2.38. The first-order valence-corrected chi connectivity index (χ1v) is 11.8. The first kappa shape index (κ1) is 35.2. The number of Topliss-reactive ketones (excluding diaryl/α,β-unsaturated/α-hetero) is 1. The first-order valence-electron chi connectivity index (χ1n) is 11.8. The highest BCUT2D eigenvalue weighted by molar-refractivity contribution is 5.99. The number of hydrogen-bond acceptors (Lipinski definition) is 5. The number of methoxy groups -OCH3 is 1. The molecule has 5 nitrogen and oxygen atoms in total. The van der Waals surface area contributed by atoms with Crippen molar-refractivity contribution in [2.45, 2.75) is 83.3 Å². The lowest BCUT2D eigenvalue weighted by Crippen LogP contribution is -2.22. The van der Waals surface area contributed by atoms with Crippen molar-refractivity contribution < 1.29 is 23.9 Å². The molecule has 0 heterocycles. The van der Waals surface area contributed by atoms with Gasteiger partial charge < -0.3 is 9.47 Å². The fraction of sp³-hybridized carbons (Fsp3) is 0.516. The second-order valence-corrected chi connectivity index (χ2v) is 11.5. The van der Waals surface area contributed by atoms with Gasteiger partial charge in [0.25, 0.3) is 0 Å². The number of ether oxygens (including phenoxy) is 2. The van der Waals surface area contributed by atoms with Crippen LogP contribution in [0.15, 0.2) is 54.6 Å². The van der Waals surface area contributed by atoms with Gasteiger partial charge in [-0.25, -0.2) is 0 Å². The van der Waals surface area contributed by atoms with Gasteiger partial charge in [0.05, 0.1) is 17.9 Å². The molecule has 0 N–H and O–H groups in total. The van der Waals surface area contributed by atoms with Gasteiger partial charge >= 0.3 is 11.9 Å². The quantitative estimate of drug-likeness (QED) is 0.317. The summed E-state index contributed by atoms with van der Waals surface area (Å²) in [4.78, 5) is 33.8. The normalized spacial score (nSPS) is 10.9. The van der Waals surface area contributed by atoms with E-state index in [9.17, 15) is 14.4 Å². The van der Waals surface area contributed by atoms with Crippen molar-refractivity contribution in [1.82, 2.24) is 0 Å². The van der Waals surface area contributed by atoms with Gasteiger partial charge in [0.2, 0.25) is 0 Å². The van der Waals surface area contributed by atoms with E-state index in [2.05, 4.69) is 4.74 Å². The lowest BCUT2D eigenvalue weighted by atomic mass is 9.86. The van der Waals surface area contributed by atoms with Crippen LogP contribution in [0.4, 0.5) is 0 Å². The lowest BCUT2D eigenvalue weighted by molar-refractivity contribution is -0.154. The highest BCUT2D eigenvalue weighted by Crippen LogP contribution is 2.20. The van der Waals surface area contributed by atoms with E-state index in [0.29, 0.717) is 6.61 Å². The summed E-state index contributed by atoms with van der Waals surface area (Å²) in [5.74, 6) is -0.133. The minimum Gasteiger partial charge on any atom is -0.469 e. The summed E-state index contributed by atoms with van der Waals surface area (Å²) in [6, 6.07) is 17.4. The second-order valence-electron chi connectivity index (χ2n) is 11.5. The molecule has 0 amide bonds. The van der Waals surface area contributed by atoms with Gasteiger partial charge in [0, 0.05) is 11.0 Å². The van der Waals surface area contributed by atoms with E-state index in [1.807, 2.05) is 124 Å². The maximum absolute atomic E-state index is 11.8. The standard InChI is InChI=1S/C12H16O2.C12H16O.C6H12O2.CH4/c1-12(2,3)11(13)14-9-10-7-5-4-6-8-10;1-9-5-7-10(8-6-9)11(13)12(2,3)4;1-6(2,3)5(7)8-4;/h4-8H,9H2,1-3H3;5-8H,1-4H3;1-4H3;1H4. The molecule has 0 saturated heterocycles. The molecule has 0 spiro atoms. The fourth-order valence-corrected chi connectivity index (χ4v) is 2.38. The van der Waals surface area contributed by atoms with Gasteiger partial charge in [-0.2, -0.15) is 0 Å². The summed E-state index contributed by atoms with van der Waals surface area (Å²) in [7, 11) is 1.40. The summed E-state index contributed by atoms with van der Waals surface area (Å²) in [6.07, 6.45) is 0. The highest BCUT2D eigenvalue weighted by Gasteiger charge is 2.23. The molecule has 5 heteroatoms. The maximum atomic E-state index is 11.8. The van der Waals surface area contributed by atoms with Crippen molar-refractivity contribution in [2.24, 2.45) is 16.2 Å². The number of rotatable bonds is 3. The number of ketones is 1. The molecular weight excluding hydrogens is 452 g/mol. The third-order valence-electron chi connectivity index (χ3n) is 4.62. The van der Waals surface area contributed by atoms with Crippen molar-refractivity contribution in [3.63, 3.8) is 0 Å². The minimum atomic E-state index is -0.422. The molecule has 0 aliphatic heterocycles. The van der Waals surface area contributed by atoms with Gasteiger partial charge in [0.15, 0.2) is 5.78 Å². The van der Waals surface area contributed by atoms with Crippen LogP contribution in [0.5, 0.6) is 0 Å². The molecule has 202 valence electrons. The average Bonchev–Trinajstić information content (AvgIpc) is 2.76. The zero-order valence-corrected chi connectivity index (χ0v) is 23.4. The Morgan fingerprint density at radius 3 is 1.44 bits per heavy atom. The topological polar surface area (TPSA) is 69.7 Å². The molecule has 0 aliphatic carbocycles. The maximum Gasteiger partial charge on any atom is 0.311 e. The zero-order valence-electron chi connectivity index (χ0n) is 23.4. The molecule has 0 fully saturated rings. The van der Waals surface area contributed by atoms with Crippen molar-refractivity contribution in [3.8, 4) is 0 Å². The number of esters is 2. The molecule has 2 aromatic rings. The molecule has 36 heavy (non-hydrogen) atoms. The Hall–Kier alpha value is -2.95. The molecule has 2 aromatic carbocycles. The van der Waals surface area contributed by atoms with Crippen LogP contribution in [0.2, 0.25) is 0 Å². The zero-order chi connectivity index (χ0) is 27.4. The van der Waals surface area contributed by atoms with Crippen LogP contribution in [0.25, 0.3) is 0 Å². The van der Waals surface area contributed by atoms with E-state index < -0.39 is 5.41 Å². The Labute approximate surface area is 219 Å². The Bertz CT molecular complexity index is 922. The number of benzene rings is 2.